The number of amides is 1. The molecule has 1 N–H and O–H groups in total. The van der Waals surface area contributed by atoms with Crippen molar-refractivity contribution in [3.05, 3.63) is 45.6 Å². The van der Waals surface area contributed by atoms with Gasteiger partial charge in [-0.25, -0.2) is 8.42 Å². The van der Waals surface area contributed by atoms with E-state index in [1.54, 1.807) is 11.3 Å². The zero-order chi connectivity index (χ0) is 21.3. The minimum atomic E-state index is -3.78. The van der Waals surface area contributed by atoms with Crippen LogP contribution in [-0.4, -0.2) is 41.9 Å². The van der Waals surface area contributed by atoms with Gasteiger partial charge >= 0.3 is 0 Å². The maximum atomic E-state index is 13.1. The second-order valence-corrected chi connectivity index (χ2v) is 11.2. The first-order valence-corrected chi connectivity index (χ1v) is 12.9. The second-order valence-electron chi connectivity index (χ2n) is 7.13. The largest absolute Gasteiger partial charge is 0.296 e. The van der Waals surface area contributed by atoms with E-state index < -0.39 is 15.9 Å². The molecule has 1 saturated heterocycles. The molecule has 0 saturated carbocycles. The van der Waals surface area contributed by atoms with Crippen LogP contribution in [0, 0.1) is 5.92 Å². The molecule has 30 heavy (non-hydrogen) atoms. The van der Waals surface area contributed by atoms with Gasteiger partial charge in [0.15, 0.2) is 0 Å². The molecule has 1 atom stereocenters. The highest BCUT2D eigenvalue weighted by atomic mass is 35.5. The summed E-state index contributed by atoms with van der Waals surface area (Å²) in [7, 11) is -3.78. The van der Waals surface area contributed by atoms with Gasteiger partial charge in [-0.15, -0.1) is 10.2 Å². The highest BCUT2D eigenvalue weighted by Crippen LogP contribution is 2.30. The molecule has 0 radical (unpaired) electrons. The van der Waals surface area contributed by atoms with E-state index in [9.17, 15) is 13.2 Å². The van der Waals surface area contributed by atoms with Crippen LogP contribution in [0.4, 0.5) is 5.13 Å². The normalized spacial score (nSPS) is 17.7. The predicted octanol–water partition coefficient (Wildman–Crippen LogP) is 4.59. The van der Waals surface area contributed by atoms with Gasteiger partial charge in [0.1, 0.15) is 9.90 Å². The third-order valence-electron chi connectivity index (χ3n) is 4.84. The van der Waals surface area contributed by atoms with Crippen molar-refractivity contribution in [1.29, 1.82) is 0 Å². The second kappa shape index (κ2) is 8.72. The molecule has 1 aromatic carbocycles. The SMILES string of the molecule is CC1CCCN(S(=O)(=O)c2cc(C(=O)Nc3nnc(-c4ccsc4)s3)ccc2Cl)C1. The van der Waals surface area contributed by atoms with Crippen molar-refractivity contribution in [1.82, 2.24) is 14.5 Å². The fraction of sp³-hybridized carbons (Fsp3) is 0.316. The number of carbonyl (C=O) groups excluding carboxylic acids is 1. The fourth-order valence-electron chi connectivity index (χ4n) is 3.29. The summed E-state index contributed by atoms with van der Waals surface area (Å²) in [5.41, 5.74) is 1.13. The summed E-state index contributed by atoms with van der Waals surface area (Å²) in [4.78, 5) is 12.7. The van der Waals surface area contributed by atoms with E-state index in [4.69, 9.17) is 11.6 Å². The first-order chi connectivity index (χ1) is 14.3. The predicted molar refractivity (Wildman–Crippen MR) is 120 cm³/mol. The summed E-state index contributed by atoms with van der Waals surface area (Å²) < 4.78 is 27.7. The average molecular weight is 483 g/mol. The molecule has 0 bridgehead atoms. The summed E-state index contributed by atoms with van der Waals surface area (Å²) in [6, 6.07) is 6.19. The molecule has 1 aliphatic rings. The number of rotatable bonds is 5. The van der Waals surface area contributed by atoms with Gasteiger partial charge in [0.05, 0.1) is 5.02 Å². The maximum absolute atomic E-state index is 13.1. The van der Waals surface area contributed by atoms with Crippen LogP contribution in [0.5, 0.6) is 0 Å². The number of aromatic nitrogens is 2. The number of hydrogen-bond donors (Lipinski definition) is 1. The van der Waals surface area contributed by atoms with Crippen molar-refractivity contribution in [2.75, 3.05) is 18.4 Å². The molecule has 11 heteroatoms. The molecule has 0 spiro atoms. The third kappa shape index (κ3) is 4.42. The molecular formula is C19H19ClN4O3S3. The molecule has 158 valence electrons. The lowest BCUT2D eigenvalue weighted by Crippen LogP contribution is -2.39. The lowest BCUT2D eigenvalue weighted by Gasteiger charge is -2.30. The Bertz CT molecular complexity index is 1160. The Labute approximate surface area is 187 Å². The van der Waals surface area contributed by atoms with Gasteiger partial charge in [-0.1, -0.05) is 29.9 Å². The lowest BCUT2D eigenvalue weighted by atomic mass is 10.0. The molecule has 1 fully saturated rings. The Kier molecular flexibility index (Phi) is 6.21. The number of piperidine rings is 1. The quantitative estimate of drug-likeness (QED) is 0.574. The number of nitrogens with zero attached hydrogens (tertiary/aromatic N) is 3. The molecule has 7 nitrogen and oxygen atoms in total. The lowest BCUT2D eigenvalue weighted by molar-refractivity contribution is 0.102. The van der Waals surface area contributed by atoms with Crippen molar-refractivity contribution < 1.29 is 13.2 Å². The number of benzene rings is 1. The van der Waals surface area contributed by atoms with Crippen molar-refractivity contribution in [2.45, 2.75) is 24.7 Å². The van der Waals surface area contributed by atoms with Crippen molar-refractivity contribution in [2.24, 2.45) is 5.92 Å². The van der Waals surface area contributed by atoms with Crippen molar-refractivity contribution >= 4 is 55.3 Å². The van der Waals surface area contributed by atoms with Gasteiger partial charge < -0.3 is 0 Å². The number of carbonyl (C=O) groups is 1. The smallest absolute Gasteiger partial charge is 0.257 e. The van der Waals surface area contributed by atoms with E-state index in [1.165, 1.54) is 33.8 Å². The Morgan fingerprint density at radius 3 is 2.87 bits per heavy atom. The van der Waals surface area contributed by atoms with E-state index in [2.05, 4.69) is 15.5 Å². The Balaban J connectivity index is 1.56. The van der Waals surface area contributed by atoms with E-state index in [0.29, 0.717) is 23.2 Å². The van der Waals surface area contributed by atoms with Crippen LogP contribution in [0.3, 0.4) is 0 Å². The van der Waals surface area contributed by atoms with Crippen molar-refractivity contribution in [3.8, 4) is 10.6 Å². The molecule has 4 rings (SSSR count). The third-order valence-corrected chi connectivity index (χ3v) is 8.76. The molecule has 0 aliphatic carbocycles. The van der Waals surface area contributed by atoms with Crippen LogP contribution in [0.15, 0.2) is 39.9 Å². The Hall–Kier alpha value is -1.85. The summed E-state index contributed by atoms with van der Waals surface area (Å²) >= 11 is 9.00. The molecule has 1 aliphatic heterocycles. The van der Waals surface area contributed by atoms with Gasteiger partial charge in [-0.2, -0.15) is 15.6 Å². The highest BCUT2D eigenvalue weighted by molar-refractivity contribution is 7.89. The number of hydrogen-bond acceptors (Lipinski definition) is 7. The minimum absolute atomic E-state index is 0.0536. The highest BCUT2D eigenvalue weighted by Gasteiger charge is 2.31. The summed E-state index contributed by atoms with van der Waals surface area (Å²) in [6.45, 7) is 2.93. The summed E-state index contributed by atoms with van der Waals surface area (Å²) in [6.07, 6.45) is 1.80. The summed E-state index contributed by atoms with van der Waals surface area (Å²) in [5.74, 6) is -0.184. The monoisotopic (exact) mass is 482 g/mol. The van der Waals surface area contributed by atoms with Crippen LogP contribution >= 0.6 is 34.3 Å². The summed E-state index contributed by atoms with van der Waals surface area (Å²) in [5, 5.41) is 15.8. The number of halogens is 1. The van der Waals surface area contributed by atoms with Crippen LogP contribution in [0.25, 0.3) is 10.6 Å². The molecule has 3 aromatic rings. The molecule has 3 heterocycles. The molecule has 2 aromatic heterocycles. The van der Waals surface area contributed by atoms with Crippen LogP contribution in [-0.2, 0) is 10.0 Å². The first kappa shape index (κ1) is 21.4. The Morgan fingerprint density at radius 1 is 1.30 bits per heavy atom. The van der Waals surface area contributed by atoms with Gasteiger partial charge in [0.25, 0.3) is 5.91 Å². The van der Waals surface area contributed by atoms with E-state index in [1.807, 2.05) is 23.8 Å². The minimum Gasteiger partial charge on any atom is -0.296 e. The number of sulfonamides is 1. The van der Waals surface area contributed by atoms with E-state index in [0.717, 1.165) is 18.4 Å². The van der Waals surface area contributed by atoms with Crippen LogP contribution < -0.4 is 5.32 Å². The zero-order valence-electron chi connectivity index (χ0n) is 16.0. The number of anilines is 1. The average Bonchev–Trinajstić information content (AvgIpc) is 3.40. The molecule has 1 amide bonds. The number of nitrogens with one attached hydrogen (secondary N) is 1. The number of thiophene rings is 1. The fourth-order valence-corrected chi connectivity index (χ4v) is 6.84. The molecular weight excluding hydrogens is 464 g/mol. The van der Waals surface area contributed by atoms with Crippen LogP contribution in [0.1, 0.15) is 30.1 Å². The topological polar surface area (TPSA) is 92.3 Å². The Morgan fingerprint density at radius 2 is 2.13 bits per heavy atom. The zero-order valence-corrected chi connectivity index (χ0v) is 19.2. The molecule has 1 unspecified atom stereocenters. The van der Waals surface area contributed by atoms with Gasteiger partial charge in [0, 0.05) is 29.6 Å². The van der Waals surface area contributed by atoms with Gasteiger partial charge in [-0.3, -0.25) is 10.1 Å². The van der Waals surface area contributed by atoms with Gasteiger partial charge in [-0.05, 0) is 48.4 Å². The van der Waals surface area contributed by atoms with Crippen molar-refractivity contribution in [3.63, 3.8) is 0 Å². The standard InChI is InChI=1S/C19H19ClN4O3S3/c1-12-3-2-7-24(10-12)30(26,27)16-9-13(4-5-15(16)20)17(25)21-19-23-22-18(29-19)14-6-8-28-11-14/h4-6,8-9,11-12H,2-3,7,10H2,1H3,(H,21,23,25). The van der Waals surface area contributed by atoms with E-state index in [-0.39, 0.29) is 21.4 Å². The van der Waals surface area contributed by atoms with E-state index >= 15 is 0 Å². The maximum Gasteiger partial charge on any atom is 0.257 e. The van der Waals surface area contributed by atoms with Crippen LogP contribution in [0.2, 0.25) is 5.02 Å². The van der Waals surface area contributed by atoms with Gasteiger partial charge in [0.2, 0.25) is 15.2 Å². The first-order valence-electron chi connectivity index (χ1n) is 9.32.